The quantitative estimate of drug-likeness (QED) is 0.447. The molecule has 0 saturated carbocycles. The molecule has 0 spiro atoms. The predicted octanol–water partition coefficient (Wildman–Crippen LogP) is 4.47. The predicted molar refractivity (Wildman–Crippen MR) is 83.5 cm³/mol. The molecule has 0 bridgehead atoms. The van der Waals surface area contributed by atoms with Crippen LogP contribution in [0.1, 0.15) is 0 Å². The summed E-state index contributed by atoms with van der Waals surface area (Å²) in [5, 5.41) is 2.40. The van der Waals surface area contributed by atoms with Crippen LogP contribution in [0, 0.1) is 0 Å². The molecule has 2 aromatic heterocycles. The first-order chi connectivity index (χ1) is 9.93. The molecular formula is C18H14CuN2. The normalized spacial score (nSPS) is 9.52. The topological polar surface area (TPSA) is 25.8 Å². The van der Waals surface area contributed by atoms with Gasteiger partial charge in [0, 0.05) is 40.2 Å². The average molecular weight is 322 g/mol. The maximum absolute atomic E-state index is 4.18. The van der Waals surface area contributed by atoms with E-state index in [1.165, 1.54) is 10.8 Å². The standard InChI is InChI=1S/2C9H7N.Cu/c2*1-2-6-9-8(4-1)5-3-7-10-9;/h2*1-7H;. The number of rotatable bonds is 0. The molecule has 0 aliphatic rings. The van der Waals surface area contributed by atoms with Gasteiger partial charge in [0.1, 0.15) is 0 Å². The van der Waals surface area contributed by atoms with Gasteiger partial charge < -0.3 is 0 Å². The Balaban J connectivity index is 0.000000147. The van der Waals surface area contributed by atoms with Crippen molar-refractivity contribution in [2.45, 2.75) is 0 Å². The van der Waals surface area contributed by atoms with Crippen molar-refractivity contribution in [3.05, 3.63) is 85.2 Å². The molecule has 0 aliphatic heterocycles. The number of nitrogens with zero attached hydrogens (tertiary/aromatic N) is 2. The minimum atomic E-state index is 0. The van der Waals surface area contributed by atoms with E-state index in [-0.39, 0.29) is 17.1 Å². The van der Waals surface area contributed by atoms with Crippen molar-refractivity contribution in [2.24, 2.45) is 0 Å². The number of fused-ring (bicyclic) bond motifs is 2. The second-order valence-corrected chi connectivity index (χ2v) is 4.39. The van der Waals surface area contributed by atoms with Crippen LogP contribution in [0.15, 0.2) is 85.2 Å². The van der Waals surface area contributed by atoms with E-state index >= 15 is 0 Å². The minimum Gasteiger partial charge on any atom is -0.256 e. The molecule has 0 atom stereocenters. The van der Waals surface area contributed by atoms with E-state index in [9.17, 15) is 0 Å². The molecule has 4 rings (SSSR count). The van der Waals surface area contributed by atoms with E-state index in [4.69, 9.17) is 0 Å². The van der Waals surface area contributed by atoms with Gasteiger partial charge in [0.15, 0.2) is 0 Å². The number of benzene rings is 2. The van der Waals surface area contributed by atoms with E-state index in [2.05, 4.69) is 34.2 Å². The van der Waals surface area contributed by atoms with Crippen molar-refractivity contribution in [3.63, 3.8) is 0 Å². The van der Waals surface area contributed by atoms with Gasteiger partial charge >= 0.3 is 0 Å². The van der Waals surface area contributed by atoms with Crippen molar-refractivity contribution in [3.8, 4) is 0 Å². The summed E-state index contributed by atoms with van der Waals surface area (Å²) in [4.78, 5) is 8.36. The summed E-state index contributed by atoms with van der Waals surface area (Å²) >= 11 is 0. The maximum Gasteiger partial charge on any atom is 0.0701 e. The molecule has 0 N–H and O–H groups in total. The first-order valence-electron chi connectivity index (χ1n) is 6.53. The van der Waals surface area contributed by atoms with Gasteiger partial charge in [-0.1, -0.05) is 48.5 Å². The Morgan fingerprint density at radius 3 is 1.29 bits per heavy atom. The van der Waals surface area contributed by atoms with Crippen LogP contribution in [-0.2, 0) is 17.1 Å². The maximum atomic E-state index is 4.18. The van der Waals surface area contributed by atoms with Crippen LogP contribution in [0.25, 0.3) is 21.8 Å². The third-order valence-corrected chi connectivity index (χ3v) is 3.02. The molecule has 3 heteroatoms. The molecule has 0 saturated heterocycles. The molecule has 4 aromatic rings. The van der Waals surface area contributed by atoms with E-state index in [0.29, 0.717) is 0 Å². The van der Waals surface area contributed by atoms with Gasteiger partial charge in [-0.25, -0.2) is 0 Å². The third-order valence-electron chi connectivity index (χ3n) is 3.02. The number of hydrogen-bond acceptors (Lipinski definition) is 2. The fourth-order valence-electron chi connectivity index (χ4n) is 2.03. The van der Waals surface area contributed by atoms with Crippen molar-refractivity contribution >= 4 is 21.8 Å². The Kier molecular flexibility index (Phi) is 5.44. The fraction of sp³-hybridized carbons (Fsp3) is 0. The molecule has 0 fully saturated rings. The smallest absolute Gasteiger partial charge is 0.0701 e. The average Bonchev–Trinajstić information content (AvgIpc) is 2.56. The largest absolute Gasteiger partial charge is 0.256 e. The van der Waals surface area contributed by atoms with Crippen molar-refractivity contribution in [1.82, 2.24) is 9.97 Å². The molecule has 0 aliphatic carbocycles. The Morgan fingerprint density at radius 2 is 0.857 bits per heavy atom. The van der Waals surface area contributed by atoms with E-state index in [1.54, 1.807) is 0 Å². The van der Waals surface area contributed by atoms with Crippen LogP contribution >= 0.6 is 0 Å². The number of pyridine rings is 2. The zero-order chi connectivity index (χ0) is 13.6. The monoisotopic (exact) mass is 321 g/mol. The number of aromatic nitrogens is 2. The van der Waals surface area contributed by atoms with Crippen molar-refractivity contribution in [2.75, 3.05) is 0 Å². The van der Waals surface area contributed by atoms with Gasteiger partial charge in [-0.2, -0.15) is 0 Å². The van der Waals surface area contributed by atoms with Crippen LogP contribution in [0.3, 0.4) is 0 Å². The number of para-hydroxylation sites is 2. The minimum absolute atomic E-state index is 0. The summed E-state index contributed by atoms with van der Waals surface area (Å²) in [7, 11) is 0. The van der Waals surface area contributed by atoms with Gasteiger partial charge in [0.25, 0.3) is 0 Å². The molecule has 21 heavy (non-hydrogen) atoms. The molecule has 0 amide bonds. The zero-order valence-electron chi connectivity index (χ0n) is 11.3. The summed E-state index contributed by atoms with van der Waals surface area (Å²) < 4.78 is 0. The molecule has 0 unspecified atom stereocenters. The van der Waals surface area contributed by atoms with Crippen molar-refractivity contribution in [1.29, 1.82) is 0 Å². The zero-order valence-corrected chi connectivity index (χ0v) is 12.2. The van der Waals surface area contributed by atoms with E-state index < -0.39 is 0 Å². The van der Waals surface area contributed by atoms with Gasteiger partial charge in [0.2, 0.25) is 0 Å². The second-order valence-electron chi connectivity index (χ2n) is 4.39. The molecular weight excluding hydrogens is 308 g/mol. The Bertz CT molecular complexity index is 628. The summed E-state index contributed by atoms with van der Waals surface area (Å²) in [5.41, 5.74) is 2.12. The fourth-order valence-corrected chi connectivity index (χ4v) is 2.03. The summed E-state index contributed by atoms with van der Waals surface area (Å²) in [6.45, 7) is 0. The van der Waals surface area contributed by atoms with Crippen molar-refractivity contribution < 1.29 is 17.1 Å². The first kappa shape index (κ1) is 15.2. The summed E-state index contributed by atoms with van der Waals surface area (Å²) in [6, 6.07) is 24.2. The van der Waals surface area contributed by atoms with Crippen LogP contribution < -0.4 is 0 Å². The third kappa shape index (κ3) is 3.88. The van der Waals surface area contributed by atoms with Gasteiger partial charge in [-0.3, -0.25) is 9.97 Å². The van der Waals surface area contributed by atoms with Gasteiger partial charge in [0.05, 0.1) is 11.0 Å². The van der Waals surface area contributed by atoms with Gasteiger partial charge in [-0.15, -0.1) is 0 Å². The first-order valence-corrected chi connectivity index (χ1v) is 6.53. The van der Waals surface area contributed by atoms with Crippen LogP contribution in [0.2, 0.25) is 0 Å². The Labute approximate surface area is 134 Å². The Hall–Kier alpha value is -2.22. The van der Waals surface area contributed by atoms with Crippen LogP contribution in [0.5, 0.6) is 0 Å². The summed E-state index contributed by atoms with van der Waals surface area (Å²) in [5.74, 6) is 0. The molecule has 2 nitrogen and oxygen atoms in total. The van der Waals surface area contributed by atoms with E-state index in [1.807, 2.05) is 60.9 Å². The summed E-state index contributed by atoms with van der Waals surface area (Å²) in [6.07, 6.45) is 3.62. The second kappa shape index (κ2) is 7.53. The van der Waals surface area contributed by atoms with Gasteiger partial charge in [-0.05, 0) is 24.3 Å². The Morgan fingerprint density at radius 1 is 0.476 bits per heavy atom. The molecule has 1 radical (unpaired) electrons. The molecule has 2 aromatic carbocycles. The number of hydrogen-bond donors (Lipinski definition) is 0. The van der Waals surface area contributed by atoms with E-state index in [0.717, 1.165) is 11.0 Å². The van der Waals surface area contributed by atoms with Crippen LogP contribution in [0.4, 0.5) is 0 Å². The SMILES string of the molecule is [Cu].c1ccc2ncccc2c1.c1ccc2ncccc2c1. The molecule has 107 valence electrons. The molecule has 2 heterocycles. The van der Waals surface area contributed by atoms with Crippen LogP contribution in [-0.4, -0.2) is 9.97 Å².